The lowest BCUT2D eigenvalue weighted by atomic mass is 9.93. The lowest BCUT2D eigenvalue weighted by Gasteiger charge is -2.14. The quantitative estimate of drug-likeness (QED) is 0.795. The Labute approximate surface area is 142 Å². The summed E-state index contributed by atoms with van der Waals surface area (Å²) in [6.07, 6.45) is 1.42. The van der Waals surface area contributed by atoms with Crippen LogP contribution in [0.2, 0.25) is 0 Å². The average molecular weight is 323 g/mol. The second-order valence-corrected chi connectivity index (χ2v) is 6.06. The molecule has 2 aromatic carbocycles. The van der Waals surface area contributed by atoms with E-state index in [-0.39, 0.29) is 17.8 Å². The van der Waals surface area contributed by atoms with Gasteiger partial charge in [-0.15, -0.1) is 0 Å². The third kappa shape index (κ3) is 3.48. The largest absolute Gasteiger partial charge is 0.462 e. The van der Waals surface area contributed by atoms with E-state index in [1.165, 1.54) is 0 Å². The van der Waals surface area contributed by atoms with E-state index in [1.54, 1.807) is 24.1 Å². The SMILES string of the molecule is CN1CCC(c2ccccc2C(=O)OCCc2ccccc2)C1=O. The molecular weight excluding hydrogens is 302 g/mol. The number of carbonyl (C=O) groups is 2. The van der Waals surface area contributed by atoms with Crippen molar-refractivity contribution in [3.63, 3.8) is 0 Å². The Morgan fingerprint density at radius 3 is 2.54 bits per heavy atom. The van der Waals surface area contributed by atoms with E-state index in [9.17, 15) is 9.59 Å². The Balaban J connectivity index is 1.68. The minimum absolute atomic E-state index is 0.0690. The van der Waals surface area contributed by atoms with E-state index < -0.39 is 0 Å². The molecule has 4 heteroatoms. The summed E-state index contributed by atoms with van der Waals surface area (Å²) in [4.78, 5) is 26.4. The van der Waals surface area contributed by atoms with Crippen LogP contribution in [0.5, 0.6) is 0 Å². The van der Waals surface area contributed by atoms with E-state index in [4.69, 9.17) is 4.74 Å². The fourth-order valence-electron chi connectivity index (χ4n) is 3.08. The summed E-state index contributed by atoms with van der Waals surface area (Å²) in [6, 6.07) is 17.2. The molecule has 0 aliphatic carbocycles. The van der Waals surface area contributed by atoms with Gasteiger partial charge in [0.05, 0.1) is 18.1 Å². The van der Waals surface area contributed by atoms with Gasteiger partial charge in [0, 0.05) is 20.0 Å². The second-order valence-electron chi connectivity index (χ2n) is 6.06. The van der Waals surface area contributed by atoms with E-state index >= 15 is 0 Å². The van der Waals surface area contributed by atoms with Gasteiger partial charge in [-0.2, -0.15) is 0 Å². The fraction of sp³-hybridized carbons (Fsp3) is 0.300. The van der Waals surface area contributed by atoms with E-state index in [0.29, 0.717) is 18.6 Å². The van der Waals surface area contributed by atoms with Gasteiger partial charge in [-0.3, -0.25) is 4.79 Å². The molecule has 0 radical (unpaired) electrons. The molecule has 1 saturated heterocycles. The molecule has 4 nitrogen and oxygen atoms in total. The van der Waals surface area contributed by atoms with Crippen molar-refractivity contribution in [2.45, 2.75) is 18.8 Å². The maximum atomic E-state index is 12.5. The van der Waals surface area contributed by atoms with Gasteiger partial charge in [0.25, 0.3) is 0 Å². The molecule has 1 heterocycles. The van der Waals surface area contributed by atoms with Gasteiger partial charge in [0.1, 0.15) is 0 Å². The van der Waals surface area contributed by atoms with Gasteiger partial charge in [0.2, 0.25) is 5.91 Å². The van der Waals surface area contributed by atoms with Crippen LogP contribution in [-0.2, 0) is 16.0 Å². The zero-order valence-corrected chi connectivity index (χ0v) is 13.8. The molecule has 0 saturated carbocycles. The van der Waals surface area contributed by atoms with Crippen molar-refractivity contribution in [2.24, 2.45) is 0 Å². The van der Waals surface area contributed by atoms with Gasteiger partial charge in [-0.1, -0.05) is 48.5 Å². The van der Waals surface area contributed by atoms with Gasteiger partial charge in [-0.25, -0.2) is 4.79 Å². The van der Waals surface area contributed by atoms with Crippen LogP contribution in [0.1, 0.15) is 33.8 Å². The number of carbonyl (C=O) groups excluding carboxylic acids is 2. The lowest BCUT2D eigenvalue weighted by molar-refractivity contribution is -0.127. The molecule has 124 valence electrons. The van der Waals surface area contributed by atoms with Gasteiger partial charge >= 0.3 is 5.97 Å². The van der Waals surface area contributed by atoms with Gasteiger partial charge in [-0.05, 0) is 23.6 Å². The predicted octanol–water partition coefficient (Wildman–Crippen LogP) is 3.03. The first-order chi connectivity index (χ1) is 11.7. The number of likely N-dealkylation sites (tertiary alicyclic amines) is 1. The van der Waals surface area contributed by atoms with Crippen molar-refractivity contribution in [3.8, 4) is 0 Å². The Morgan fingerprint density at radius 2 is 1.83 bits per heavy atom. The molecule has 1 fully saturated rings. The van der Waals surface area contributed by atoms with Crippen molar-refractivity contribution in [1.29, 1.82) is 0 Å². The molecule has 1 amide bonds. The highest BCUT2D eigenvalue weighted by Gasteiger charge is 2.33. The third-order valence-corrected chi connectivity index (χ3v) is 4.45. The number of nitrogens with zero attached hydrogens (tertiary/aromatic N) is 1. The summed E-state index contributed by atoms with van der Waals surface area (Å²) in [5.74, 6) is -0.531. The number of benzene rings is 2. The van der Waals surface area contributed by atoms with Crippen molar-refractivity contribution in [1.82, 2.24) is 4.90 Å². The molecule has 2 aromatic rings. The summed E-state index contributed by atoms with van der Waals surface area (Å²) in [6.45, 7) is 1.05. The van der Waals surface area contributed by atoms with Crippen LogP contribution in [-0.4, -0.2) is 37.0 Å². The highest BCUT2D eigenvalue weighted by molar-refractivity contribution is 5.95. The maximum Gasteiger partial charge on any atom is 0.338 e. The summed E-state index contributed by atoms with van der Waals surface area (Å²) in [5.41, 5.74) is 2.40. The molecular formula is C20H21NO3. The predicted molar refractivity (Wildman–Crippen MR) is 91.9 cm³/mol. The molecule has 1 atom stereocenters. The number of esters is 1. The number of hydrogen-bond acceptors (Lipinski definition) is 3. The van der Waals surface area contributed by atoms with Gasteiger partial charge in [0.15, 0.2) is 0 Å². The first-order valence-corrected chi connectivity index (χ1v) is 8.22. The van der Waals surface area contributed by atoms with E-state index in [2.05, 4.69) is 0 Å². The van der Waals surface area contributed by atoms with Crippen LogP contribution < -0.4 is 0 Å². The van der Waals surface area contributed by atoms with Crippen LogP contribution in [0, 0.1) is 0 Å². The molecule has 0 spiro atoms. The summed E-state index contributed by atoms with van der Waals surface area (Å²) >= 11 is 0. The van der Waals surface area contributed by atoms with Crippen molar-refractivity contribution in [3.05, 3.63) is 71.3 Å². The van der Waals surface area contributed by atoms with Crippen molar-refractivity contribution >= 4 is 11.9 Å². The minimum atomic E-state index is -0.358. The van der Waals surface area contributed by atoms with Crippen LogP contribution in [0.4, 0.5) is 0 Å². The monoisotopic (exact) mass is 323 g/mol. The van der Waals surface area contributed by atoms with Crippen LogP contribution in [0.3, 0.4) is 0 Å². The third-order valence-electron chi connectivity index (χ3n) is 4.45. The first kappa shape index (κ1) is 16.2. The molecule has 0 bridgehead atoms. The second kappa shape index (κ2) is 7.30. The summed E-state index contributed by atoms with van der Waals surface area (Å²) < 4.78 is 5.43. The maximum absolute atomic E-state index is 12.5. The zero-order chi connectivity index (χ0) is 16.9. The van der Waals surface area contributed by atoms with E-state index in [0.717, 1.165) is 24.1 Å². The number of ether oxygens (including phenoxy) is 1. The van der Waals surface area contributed by atoms with Gasteiger partial charge < -0.3 is 9.64 Å². The topological polar surface area (TPSA) is 46.6 Å². The lowest BCUT2D eigenvalue weighted by Crippen LogP contribution is -2.23. The average Bonchev–Trinajstić information content (AvgIpc) is 2.95. The zero-order valence-electron chi connectivity index (χ0n) is 13.8. The standard InChI is InChI=1S/C20H21NO3/c1-21-13-11-17(19(21)22)16-9-5-6-10-18(16)20(23)24-14-12-15-7-3-2-4-8-15/h2-10,17H,11-14H2,1H3. The number of likely N-dealkylation sites (N-methyl/N-ethyl adjacent to an activating group) is 1. The molecule has 1 aliphatic rings. The molecule has 1 unspecified atom stereocenters. The Bertz CT molecular complexity index is 727. The first-order valence-electron chi connectivity index (χ1n) is 8.22. The smallest absolute Gasteiger partial charge is 0.338 e. The normalized spacial score (nSPS) is 17.1. The molecule has 0 aromatic heterocycles. The fourth-order valence-corrected chi connectivity index (χ4v) is 3.08. The highest BCUT2D eigenvalue weighted by atomic mass is 16.5. The summed E-state index contributed by atoms with van der Waals surface area (Å²) in [5, 5.41) is 0. The Kier molecular flexibility index (Phi) is 4.94. The van der Waals surface area contributed by atoms with E-state index in [1.807, 2.05) is 42.5 Å². The molecule has 24 heavy (non-hydrogen) atoms. The number of hydrogen-bond donors (Lipinski definition) is 0. The summed E-state index contributed by atoms with van der Waals surface area (Å²) in [7, 11) is 1.79. The molecule has 0 N–H and O–H groups in total. The Hall–Kier alpha value is -2.62. The number of amides is 1. The van der Waals surface area contributed by atoms with Crippen LogP contribution in [0.25, 0.3) is 0 Å². The Morgan fingerprint density at radius 1 is 1.12 bits per heavy atom. The number of rotatable bonds is 5. The van der Waals surface area contributed by atoms with Crippen LogP contribution >= 0.6 is 0 Å². The van der Waals surface area contributed by atoms with Crippen molar-refractivity contribution in [2.75, 3.05) is 20.2 Å². The van der Waals surface area contributed by atoms with Crippen LogP contribution in [0.15, 0.2) is 54.6 Å². The van der Waals surface area contributed by atoms with Crippen molar-refractivity contribution < 1.29 is 14.3 Å². The minimum Gasteiger partial charge on any atom is -0.462 e. The highest BCUT2D eigenvalue weighted by Crippen LogP contribution is 2.30. The molecule has 1 aliphatic heterocycles. The molecule has 3 rings (SSSR count).